The summed E-state index contributed by atoms with van der Waals surface area (Å²) in [5, 5.41) is 2.08. The standard InChI is InChI=1S/C19H19ClN2O2S/c1-12-6-8-16(9-7-12)22-17(23)11-25-19(22)14-4-3-5-15(10-14)21-18(24)13(2)20/h3-10,13,19H,11H2,1-2H3,(H,21,24). The summed E-state index contributed by atoms with van der Waals surface area (Å²) < 4.78 is 0. The Hall–Kier alpha value is -1.98. The molecule has 1 aliphatic rings. The van der Waals surface area contributed by atoms with E-state index in [2.05, 4.69) is 5.32 Å². The van der Waals surface area contributed by atoms with Gasteiger partial charge in [-0.05, 0) is 43.7 Å². The Balaban J connectivity index is 1.88. The second-order valence-corrected chi connectivity index (χ2v) is 7.72. The van der Waals surface area contributed by atoms with Crippen molar-refractivity contribution in [1.29, 1.82) is 0 Å². The van der Waals surface area contributed by atoms with Gasteiger partial charge in [-0.25, -0.2) is 0 Å². The van der Waals surface area contributed by atoms with Crippen LogP contribution in [0.25, 0.3) is 0 Å². The van der Waals surface area contributed by atoms with Crippen molar-refractivity contribution in [2.75, 3.05) is 16.0 Å². The van der Waals surface area contributed by atoms with Crippen molar-refractivity contribution in [3.8, 4) is 0 Å². The fraction of sp³-hybridized carbons (Fsp3) is 0.263. The minimum absolute atomic E-state index is 0.0858. The molecular formula is C19H19ClN2O2S. The molecule has 2 amide bonds. The molecule has 1 aliphatic heterocycles. The summed E-state index contributed by atoms with van der Waals surface area (Å²) in [7, 11) is 0. The van der Waals surface area contributed by atoms with E-state index in [0.717, 1.165) is 16.8 Å². The van der Waals surface area contributed by atoms with Gasteiger partial charge >= 0.3 is 0 Å². The van der Waals surface area contributed by atoms with E-state index in [1.54, 1.807) is 18.7 Å². The topological polar surface area (TPSA) is 49.4 Å². The molecule has 4 nitrogen and oxygen atoms in total. The Morgan fingerprint density at radius 3 is 2.68 bits per heavy atom. The van der Waals surface area contributed by atoms with Crippen LogP contribution in [0, 0.1) is 6.92 Å². The van der Waals surface area contributed by atoms with Crippen LogP contribution >= 0.6 is 23.4 Å². The lowest BCUT2D eigenvalue weighted by Gasteiger charge is -2.25. The average Bonchev–Trinajstić information content (AvgIpc) is 2.97. The van der Waals surface area contributed by atoms with E-state index in [9.17, 15) is 9.59 Å². The van der Waals surface area contributed by atoms with Gasteiger partial charge in [-0.15, -0.1) is 23.4 Å². The molecule has 2 aromatic rings. The summed E-state index contributed by atoms with van der Waals surface area (Å²) in [6.45, 7) is 3.65. The van der Waals surface area contributed by atoms with Gasteiger partial charge in [0.25, 0.3) is 0 Å². The van der Waals surface area contributed by atoms with Crippen molar-refractivity contribution < 1.29 is 9.59 Å². The maximum absolute atomic E-state index is 12.4. The van der Waals surface area contributed by atoms with E-state index < -0.39 is 5.38 Å². The molecule has 1 fully saturated rings. The predicted octanol–water partition coefficient (Wildman–Crippen LogP) is 4.34. The van der Waals surface area contributed by atoms with Crippen molar-refractivity contribution in [2.45, 2.75) is 24.6 Å². The van der Waals surface area contributed by atoms with Gasteiger partial charge in [0.05, 0.1) is 5.75 Å². The molecule has 0 aromatic heterocycles. The third-order valence-electron chi connectivity index (χ3n) is 3.98. The average molecular weight is 375 g/mol. The van der Waals surface area contributed by atoms with Crippen molar-refractivity contribution in [1.82, 2.24) is 0 Å². The monoisotopic (exact) mass is 374 g/mol. The highest BCUT2D eigenvalue weighted by atomic mass is 35.5. The van der Waals surface area contributed by atoms with Gasteiger partial charge < -0.3 is 5.32 Å². The first kappa shape index (κ1) is 17.8. The van der Waals surface area contributed by atoms with Crippen LogP contribution < -0.4 is 10.2 Å². The van der Waals surface area contributed by atoms with Gasteiger partial charge in [-0.3, -0.25) is 14.5 Å². The Bertz CT molecular complexity index is 792. The molecule has 2 atom stereocenters. The summed E-state index contributed by atoms with van der Waals surface area (Å²) in [6, 6.07) is 15.5. The lowest BCUT2D eigenvalue weighted by molar-refractivity contribution is -0.116. The molecule has 0 saturated carbocycles. The van der Waals surface area contributed by atoms with Gasteiger partial charge in [0.2, 0.25) is 11.8 Å². The highest BCUT2D eigenvalue weighted by molar-refractivity contribution is 8.00. The van der Waals surface area contributed by atoms with E-state index in [0.29, 0.717) is 11.4 Å². The molecule has 0 spiro atoms. The molecule has 2 aromatic carbocycles. The van der Waals surface area contributed by atoms with Crippen LogP contribution in [-0.2, 0) is 9.59 Å². The Morgan fingerprint density at radius 2 is 2.00 bits per heavy atom. The summed E-state index contributed by atoms with van der Waals surface area (Å²) in [5.74, 6) is 0.278. The van der Waals surface area contributed by atoms with Crippen LogP contribution in [0.2, 0.25) is 0 Å². The lowest BCUT2D eigenvalue weighted by Crippen LogP contribution is -2.27. The van der Waals surface area contributed by atoms with Crippen molar-refractivity contribution >= 4 is 46.6 Å². The number of amides is 2. The first-order valence-electron chi connectivity index (χ1n) is 8.01. The highest BCUT2D eigenvalue weighted by Gasteiger charge is 2.34. The van der Waals surface area contributed by atoms with Gasteiger partial charge in [0.15, 0.2) is 0 Å². The molecule has 1 N–H and O–H groups in total. The lowest BCUT2D eigenvalue weighted by atomic mass is 10.1. The highest BCUT2D eigenvalue weighted by Crippen LogP contribution is 2.42. The van der Waals surface area contributed by atoms with Crippen molar-refractivity contribution in [3.05, 3.63) is 59.7 Å². The number of alkyl halides is 1. The van der Waals surface area contributed by atoms with E-state index in [1.807, 2.05) is 60.4 Å². The largest absolute Gasteiger partial charge is 0.325 e. The number of anilines is 2. The number of nitrogens with one attached hydrogen (secondary N) is 1. The minimum atomic E-state index is -0.602. The molecule has 1 saturated heterocycles. The van der Waals surface area contributed by atoms with Gasteiger partial charge in [-0.2, -0.15) is 0 Å². The molecule has 0 aliphatic carbocycles. The van der Waals surface area contributed by atoms with Crippen LogP contribution in [0.1, 0.15) is 23.4 Å². The summed E-state index contributed by atoms with van der Waals surface area (Å²) in [6.07, 6.45) is 0. The first-order chi connectivity index (χ1) is 12.0. The molecular weight excluding hydrogens is 356 g/mol. The van der Waals surface area contributed by atoms with Gasteiger partial charge in [0.1, 0.15) is 10.8 Å². The summed E-state index contributed by atoms with van der Waals surface area (Å²) in [4.78, 5) is 26.0. The van der Waals surface area contributed by atoms with Crippen LogP contribution in [0.15, 0.2) is 48.5 Å². The molecule has 6 heteroatoms. The number of benzene rings is 2. The third-order valence-corrected chi connectivity index (χ3v) is 5.39. The minimum Gasteiger partial charge on any atom is -0.325 e. The number of hydrogen-bond acceptors (Lipinski definition) is 3. The smallest absolute Gasteiger partial charge is 0.242 e. The molecule has 0 bridgehead atoms. The number of carbonyl (C=O) groups is 2. The molecule has 3 rings (SSSR count). The van der Waals surface area contributed by atoms with Crippen molar-refractivity contribution in [3.63, 3.8) is 0 Å². The zero-order valence-corrected chi connectivity index (χ0v) is 15.6. The second kappa shape index (κ2) is 7.50. The third kappa shape index (κ3) is 3.99. The molecule has 1 heterocycles. The number of rotatable bonds is 4. The molecule has 130 valence electrons. The first-order valence-corrected chi connectivity index (χ1v) is 9.49. The molecule has 0 radical (unpaired) electrons. The maximum atomic E-state index is 12.4. The maximum Gasteiger partial charge on any atom is 0.242 e. The summed E-state index contributed by atoms with van der Waals surface area (Å²) in [5.41, 5.74) is 3.68. The summed E-state index contributed by atoms with van der Waals surface area (Å²) >= 11 is 7.39. The predicted molar refractivity (Wildman–Crippen MR) is 104 cm³/mol. The number of thioether (sulfide) groups is 1. The van der Waals surface area contributed by atoms with E-state index in [-0.39, 0.29) is 17.2 Å². The van der Waals surface area contributed by atoms with E-state index in [4.69, 9.17) is 11.6 Å². The van der Waals surface area contributed by atoms with Crippen molar-refractivity contribution in [2.24, 2.45) is 0 Å². The Morgan fingerprint density at radius 1 is 1.28 bits per heavy atom. The SMILES string of the molecule is Cc1ccc(N2C(=O)CSC2c2cccc(NC(=O)C(C)Cl)c2)cc1. The quantitative estimate of drug-likeness (QED) is 0.810. The van der Waals surface area contributed by atoms with E-state index in [1.165, 1.54) is 0 Å². The van der Waals surface area contributed by atoms with Gasteiger partial charge in [0, 0.05) is 11.4 Å². The zero-order chi connectivity index (χ0) is 18.0. The zero-order valence-electron chi connectivity index (χ0n) is 14.0. The fourth-order valence-corrected chi connectivity index (χ4v) is 3.89. The van der Waals surface area contributed by atoms with Gasteiger partial charge in [-0.1, -0.05) is 29.8 Å². The van der Waals surface area contributed by atoms with Crippen LogP contribution in [-0.4, -0.2) is 22.9 Å². The van der Waals surface area contributed by atoms with Crippen LogP contribution in [0.4, 0.5) is 11.4 Å². The fourth-order valence-electron chi connectivity index (χ4n) is 2.67. The Kier molecular flexibility index (Phi) is 5.35. The number of carbonyl (C=O) groups excluding carboxylic acids is 2. The molecule has 2 unspecified atom stereocenters. The second-order valence-electron chi connectivity index (χ2n) is 5.99. The molecule has 25 heavy (non-hydrogen) atoms. The Labute approximate surface area is 156 Å². The van der Waals surface area contributed by atoms with Crippen LogP contribution in [0.5, 0.6) is 0 Å². The van der Waals surface area contributed by atoms with Crippen LogP contribution in [0.3, 0.4) is 0 Å². The number of nitrogens with zero attached hydrogens (tertiary/aromatic N) is 1. The number of halogens is 1. The number of hydrogen-bond donors (Lipinski definition) is 1. The normalized spacial score (nSPS) is 18.3. The number of aryl methyl sites for hydroxylation is 1. The van der Waals surface area contributed by atoms with E-state index >= 15 is 0 Å².